The molecule has 0 heterocycles. The summed E-state index contributed by atoms with van der Waals surface area (Å²) in [5.41, 5.74) is 3.39. The van der Waals surface area contributed by atoms with Crippen LogP contribution in [-0.2, 0) is 4.79 Å². The van der Waals surface area contributed by atoms with Gasteiger partial charge < -0.3 is 4.74 Å². The number of carbonyl (C=O) groups is 1. The van der Waals surface area contributed by atoms with Crippen LogP contribution in [0.5, 0.6) is 5.75 Å². The lowest BCUT2D eigenvalue weighted by Crippen LogP contribution is -2.13. The van der Waals surface area contributed by atoms with Gasteiger partial charge in [-0.05, 0) is 48.1 Å². The number of ketones is 1. The van der Waals surface area contributed by atoms with Gasteiger partial charge in [-0.2, -0.15) is 0 Å². The van der Waals surface area contributed by atoms with Crippen LogP contribution >= 0.6 is 0 Å². The van der Waals surface area contributed by atoms with Crippen molar-refractivity contribution in [3.05, 3.63) is 71.8 Å². The molecule has 0 N–H and O–H groups in total. The summed E-state index contributed by atoms with van der Waals surface area (Å²) in [7, 11) is 0. The molecule has 0 saturated heterocycles. The third-order valence-corrected chi connectivity index (χ3v) is 4.05. The van der Waals surface area contributed by atoms with Gasteiger partial charge in [0.25, 0.3) is 0 Å². The Hall–Kier alpha value is -2.35. The first kappa shape index (κ1) is 14.6. The zero-order valence-corrected chi connectivity index (χ0v) is 12.8. The van der Waals surface area contributed by atoms with Gasteiger partial charge in [0.15, 0.2) is 5.78 Å². The summed E-state index contributed by atoms with van der Waals surface area (Å²) in [6.07, 6.45) is 3.23. The first-order chi connectivity index (χ1) is 10.8. The van der Waals surface area contributed by atoms with Crippen molar-refractivity contribution in [3.8, 4) is 5.75 Å². The number of para-hydroxylation sites is 1. The third kappa shape index (κ3) is 3.11. The van der Waals surface area contributed by atoms with E-state index >= 15 is 0 Å². The lowest BCUT2D eigenvalue weighted by atomic mass is 9.80. The van der Waals surface area contributed by atoms with Crippen LogP contribution in [0.2, 0.25) is 0 Å². The Morgan fingerprint density at radius 2 is 1.73 bits per heavy atom. The maximum absolute atomic E-state index is 12.2. The molecular weight excluding hydrogens is 272 g/mol. The van der Waals surface area contributed by atoms with Gasteiger partial charge in [-0.25, -0.2) is 0 Å². The normalized spacial score (nSPS) is 18.0. The Morgan fingerprint density at radius 1 is 1.00 bits per heavy atom. The fourth-order valence-corrected chi connectivity index (χ4v) is 3.07. The van der Waals surface area contributed by atoms with Crippen LogP contribution in [0.25, 0.3) is 5.57 Å². The summed E-state index contributed by atoms with van der Waals surface area (Å²) in [5, 5.41) is 0. The fourth-order valence-electron chi connectivity index (χ4n) is 3.07. The van der Waals surface area contributed by atoms with Crippen molar-refractivity contribution in [3.63, 3.8) is 0 Å². The standard InChI is InChI=1S/C20H20O2/c1-2-22-20-11-7-6-10-19(20)17-12-16(13-18(21)14-17)15-8-4-3-5-9-15/h3-11,13,17H,2,12,14H2,1H3. The summed E-state index contributed by atoms with van der Waals surface area (Å²) in [6.45, 7) is 2.62. The second-order valence-corrected chi connectivity index (χ2v) is 5.58. The van der Waals surface area contributed by atoms with Crippen molar-refractivity contribution in [2.75, 3.05) is 6.61 Å². The smallest absolute Gasteiger partial charge is 0.156 e. The molecule has 1 aliphatic rings. The van der Waals surface area contributed by atoms with E-state index in [2.05, 4.69) is 18.2 Å². The third-order valence-electron chi connectivity index (χ3n) is 4.05. The zero-order valence-electron chi connectivity index (χ0n) is 12.8. The van der Waals surface area contributed by atoms with Gasteiger partial charge >= 0.3 is 0 Å². The van der Waals surface area contributed by atoms with E-state index in [1.54, 1.807) is 6.08 Å². The second-order valence-electron chi connectivity index (χ2n) is 5.58. The van der Waals surface area contributed by atoms with Crippen LogP contribution < -0.4 is 4.74 Å². The highest BCUT2D eigenvalue weighted by Gasteiger charge is 2.25. The van der Waals surface area contributed by atoms with Gasteiger partial charge in [-0.3, -0.25) is 4.79 Å². The zero-order chi connectivity index (χ0) is 15.4. The van der Waals surface area contributed by atoms with E-state index in [-0.39, 0.29) is 11.7 Å². The molecule has 0 saturated carbocycles. The fraction of sp³-hybridized carbons (Fsp3) is 0.250. The van der Waals surface area contributed by atoms with Crippen LogP contribution in [0.1, 0.15) is 36.8 Å². The maximum atomic E-state index is 12.2. The molecule has 0 aromatic heterocycles. The van der Waals surface area contributed by atoms with Crippen molar-refractivity contribution < 1.29 is 9.53 Å². The topological polar surface area (TPSA) is 26.3 Å². The largest absolute Gasteiger partial charge is 0.494 e. The monoisotopic (exact) mass is 292 g/mol. The predicted molar refractivity (Wildman–Crippen MR) is 89.0 cm³/mol. The molecule has 2 nitrogen and oxygen atoms in total. The number of carbonyl (C=O) groups excluding carboxylic acids is 1. The number of ether oxygens (including phenoxy) is 1. The van der Waals surface area contributed by atoms with Crippen molar-refractivity contribution in [2.24, 2.45) is 0 Å². The first-order valence-corrected chi connectivity index (χ1v) is 7.78. The Morgan fingerprint density at radius 3 is 2.50 bits per heavy atom. The van der Waals surface area contributed by atoms with Crippen molar-refractivity contribution >= 4 is 11.4 Å². The van der Waals surface area contributed by atoms with E-state index in [0.29, 0.717) is 13.0 Å². The Balaban J connectivity index is 1.91. The average molecular weight is 292 g/mol. The molecule has 0 fully saturated rings. The van der Waals surface area contributed by atoms with E-state index in [1.807, 2.05) is 43.3 Å². The minimum absolute atomic E-state index is 0.190. The summed E-state index contributed by atoms with van der Waals surface area (Å²) >= 11 is 0. The van der Waals surface area contributed by atoms with E-state index in [1.165, 1.54) is 0 Å². The highest BCUT2D eigenvalue weighted by molar-refractivity contribution is 5.99. The number of hydrogen-bond donors (Lipinski definition) is 0. The molecule has 0 bridgehead atoms. The molecule has 2 aromatic rings. The first-order valence-electron chi connectivity index (χ1n) is 7.78. The van der Waals surface area contributed by atoms with Crippen molar-refractivity contribution in [1.29, 1.82) is 0 Å². The summed E-state index contributed by atoms with van der Waals surface area (Å²) in [4.78, 5) is 12.2. The Kier molecular flexibility index (Phi) is 4.38. The van der Waals surface area contributed by atoms with E-state index in [0.717, 1.165) is 28.9 Å². The molecule has 112 valence electrons. The molecular formula is C20H20O2. The van der Waals surface area contributed by atoms with Crippen molar-refractivity contribution in [1.82, 2.24) is 0 Å². The number of hydrogen-bond acceptors (Lipinski definition) is 2. The molecule has 3 rings (SSSR count). The van der Waals surface area contributed by atoms with Gasteiger partial charge in [-0.1, -0.05) is 48.5 Å². The minimum Gasteiger partial charge on any atom is -0.494 e. The lowest BCUT2D eigenvalue weighted by Gasteiger charge is -2.24. The highest BCUT2D eigenvalue weighted by Crippen LogP contribution is 2.39. The Bertz CT molecular complexity index is 686. The second kappa shape index (κ2) is 6.61. The summed E-state index contributed by atoms with van der Waals surface area (Å²) < 4.78 is 5.74. The molecule has 22 heavy (non-hydrogen) atoms. The van der Waals surface area contributed by atoms with Crippen LogP contribution in [0.3, 0.4) is 0 Å². The average Bonchev–Trinajstić information content (AvgIpc) is 2.56. The van der Waals surface area contributed by atoms with Crippen LogP contribution in [0.4, 0.5) is 0 Å². The molecule has 2 heteroatoms. The van der Waals surface area contributed by atoms with Crippen molar-refractivity contribution in [2.45, 2.75) is 25.7 Å². The number of allylic oxidation sites excluding steroid dienone is 2. The molecule has 2 aromatic carbocycles. The maximum Gasteiger partial charge on any atom is 0.156 e. The van der Waals surface area contributed by atoms with Crippen LogP contribution in [0, 0.1) is 0 Å². The molecule has 0 aliphatic heterocycles. The van der Waals surface area contributed by atoms with Gasteiger partial charge in [0.1, 0.15) is 5.75 Å². The van der Waals surface area contributed by atoms with Gasteiger partial charge in [0.2, 0.25) is 0 Å². The van der Waals surface area contributed by atoms with E-state index < -0.39 is 0 Å². The number of benzene rings is 2. The molecule has 1 aliphatic carbocycles. The Labute approximate surface area is 131 Å². The quantitative estimate of drug-likeness (QED) is 0.822. The molecule has 1 unspecified atom stereocenters. The summed E-state index contributed by atoms with van der Waals surface area (Å²) in [5.74, 6) is 1.29. The molecule has 0 amide bonds. The predicted octanol–water partition coefficient (Wildman–Crippen LogP) is 4.62. The number of rotatable bonds is 4. The van der Waals surface area contributed by atoms with Gasteiger partial charge in [0.05, 0.1) is 6.61 Å². The molecule has 0 radical (unpaired) electrons. The lowest BCUT2D eigenvalue weighted by molar-refractivity contribution is -0.115. The minimum atomic E-state index is 0.190. The molecule has 1 atom stereocenters. The molecule has 0 spiro atoms. The van der Waals surface area contributed by atoms with Crippen LogP contribution in [0.15, 0.2) is 60.7 Å². The van der Waals surface area contributed by atoms with Gasteiger partial charge in [0, 0.05) is 6.42 Å². The summed E-state index contributed by atoms with van der Waals surface area (Å²) in [6, 6.07) is 18.2. The SMILES string of the molecule is CCOc1ccccc1C1CC(=O)C=C(c2ccccc2)C1. The van der Waals surface area contributed by atoms with E-state index in [4.69, 9.17) is 4.74 Å². The highest BCUT2D eigenvalue weighted by atomic mass is 16.5. The van der Waals surface area contributed by atoms with Crippen LogP contribution in [-0.4, -0.2) is 12.4 Å². The van der Waals surface area contributed by atoms with Gasteiger partial charge in [-0.15, -0.1) is 0 Å². The van der Waals surface area contributed by atoms with E-state index in [9.17, 15) is 4.79 Å².